The Hall–Kier alpha value is -0.313. The van der Waals surface area contributed by atoms with Crippen LogP contribution in [0.15, 0.2) is 0 Å². The van der Waals surface area contributed by atoms with E-state index in [2.05, 4.69) is 11.3 Å². The lowest BCUT2D eigenvalue weighted by Gasteiger charge is -1.94. The molecule has 0 heterocycles. The molecule has 0 saturated heterocycles. The molecule has 0 fully saturated rings. The number of rotatable bonds is 3. The molecule has 0 rings (SSSR count). The highest BCUT2D eigenvalue weighted by Gasteiger charge is 1.94. The molecule has 0 aliphatic heterocycles. The smallest absolute Gasteiger partial charge is 0.291 e. The molecule has 0 aliphatic carbocycles. The average Bonchev–Trinajstić information content (AvgIpc) is 1.83. The first-order chi connectivity index (χ1) is 3.81. The van der Waals surface area contributed by atoms with Crippen LogP contribution in [0.4, 0.5) is 0 Å². The number of carbonyl (C=O) groups is 1. The largest absolute Gasteiger partial charge is 0.529 e. The van der Waals surface area contributed by atoms with Gasteiger partial charge in [0.15, 0.2) is 0 Å². The van der Waals surface area contributed by atoms with Crippen molar-refractivity contribution in [2.24, 2.45) is 0 Å². The predicted octanol–water partition coefficient (Wildman–Crippen LogP) is 0.000200. The topological polar surface area (TPSA) is 26.3 Å². The Morgan fingerprint density at radius 2 is 2.38 bits per heavy atom. The molecule has 0 amide bonds. The van der Waals surface area contributed by atoms with Crippen molar-refractivity contribution >= 4 is 16.5 Å². The molecule has 0 spiro atoms. The second-order valence-electron chi connectivity index (χ2n) is 1.68. The van der Waals surface area contributed by atoms with Crippen molar-refractivity contribution in [3.05, 3.63) is 0 Å². The van der Waals surface area contributed by atoms with Gasteiger partial charge < -0.3 is 4.43 Å². The molecule has 0 aromatic rings. The Kier molecular flexibility index (Phi) is 4.65. The van der Waals surface area contributed by atoms with E-state index < -0.39 is 0 Å². The summed E-state index contributed by atoms with van der Waals surface area (Å²) >= 11 is 0. The van der Waals surface area contributed by atoms with Crippen LogP contribution in [0.2, 0.25) is 0 Å². The second-order valence-corrected chi connectivity index (χ2v) is 2.09. The van der Waals surface area contributed by atoms with Crippen LogP contribution in [0.5, 0.6) is 0 Å². The van der Waals surface area contributed by atoms with Crippen LogP contribution in [0, 0.1) is 0 Å². The van der Waals surface area contributed by atoms with Crippen molar-refractivity contribution in [1.29, 1.82) is 0 Å². The van der Waals surface area contributed by atoms with Crippen LogP contribution in [0.1, 0.15) is 26.2 Å². The van der Waals surface area contributed by atoms with Gasteiger partial charge in [-0.15, -0.1) is 0 Å². The lowest BCUT2D eigenvalue weighted by molar-refractivity contribution is -0.134. The maximum Gasteiger partial charge on any atom is 0.291 e. The normalized spacial score (nSPS) is 9.12. The summed E-state index contributed by atoms with van der Waals surface area (Å²) in [6.45, 7) is 2.06. The van der Waals surface area contributed by atoms with Crippen LogP contribution >= 0.6 is 0 Å². The Morgan fingerprint density at radius 3 is 2.75 bits per heavy atom. The fourth-order valence-corrected chi connectivity index (χ4v) is 0.627. The van der Waals surface area contributed by atoms with Gasteiger partial charge >= 0.3 is 0 Å². The third-order valence-corrected chi connectivity index (χ3v) is 1.42. The molecule has 0 aromatic carbocycles. The fourth-order valence-electron chi connectivity index (χ4n) is 0.423. The van der Waals surface area contributed by atoms with E-state index in [9.17, 15) is 4.79 Å². The SMILES string of the molecule is CCCCC(=O)O[SiH3]. The third kappa shape index (κ3) is 3.86. The van der Waals surface area contributed by atoms with Crippen LogP contribution in [-0.4, -0.2) is 16.5 Å². The Labute approximate surface area is 52.8 Å². The van der Waals surface area contributed by atoms with Crippen molar-refractivity contribution in [3.63, 3.8) is 0 Å². The highest BCUT2D eigenvalue weighted by Crippen LogP contribution is 1.93. The zero-order valence-electron chi connectivity index (χ0n) is 5.44. The zero-order valence-corrected chi connectivity index (χ0v) is 7.44. The minimum absolute atomic E-state index is 0.0430. The molecule has 0 aromatic heterocycles. The molecular formula is C5H12O2Si. The summed E-state index contributed by atoms with van der Waals surface area (Å²) in [6, 6.07) is 0. The molecule has 0 unspecified atom stereocenters. The lowest BCUT2D eigenvalue weighted by Crippen LogP contribution is -1.99. The van der Waals surface area contributed by atoms with E-state index in [0.717, 1.165) is 12.8 Å². The number of hydrogen-bond donors (Lipinski definition) is 0. The van der Waals surface area contributed by atoms with Gasteiger partial charge in [0.1, 0.15) is 0 Å². The van der Waals surface area contributed by atoms with E-state index in [1.54, 1.807) is 0 Å². The highest BCUT2D eigenvalue weighted by atomic mass is 28.2. The monoisotopic (exact) mass is 132 g/mol. The van der Waals surface area contributed by atoms with E-state index in [1.807, 2.05) is 0 Å². The number of hydrogen-bond acceptors (Lipinski definition) is 2. The van der Waals surface area contributed by atoms with Crippen molar-refractivity contribution in [2.75, 3.05) is 0 Å². The van der Waals surface area contributed by atoms with E-state index in [-0.39, 0.29) is 5.97 Å². The molecule has 0 bridgehead atoms. The van der Waals surface area contributed by atoms with E-state index in [4.69, 9.17) is 0 Å². The highest BCUT2D eigenvalue weighted by molar-refractivity contribution is 6.05. The first-order valence-corrected chi connectivity index (χ1v) is 3.69. The summed E-state index contributed by atoms with van der Waals surface area (Å²) in [5, 5.41) is 0. The minimum atomic E-state index is -0.0430. The molecule has 0 saturated carbocycles. The summed E-state index contributed by atoms with van der Waals surface area (Å²) in [6.07, 6.45) is 2.62. The van der Waals surface area contributed by atoms with Crippen molar-refractivity contribution < 1.29 is 9.22 Å². The summed E-state index contributed by atoms with van der Waals surface area (Å²) in [5.74, 6) is -0.0430. The maximum atomic E-state index is 10.4. The number of unbranched alkanes of at least 4 members (excludes halogenated alkanes) is 1. The standard InChI is InChI=1S/C5H12O2Si/c1-2-3-4-5(6)7-8/h2-4H2,1,8H3. The lowest BCUT2D eigenvalue weighted by atomic mass is 10.3. The second kappa shape index (κ2) is 4.84. The van der Waals surface area contributed by atoms with Gasteiger partial charge in [-0.3, -0.25) is 4.79 Å². The summed E-state index contributed by atoms with van der Waals surface area (Å²) < 4.78 is 4.55. The van der Waals surface area contributed by atoms with Crippen LogP contribution in [0.3, 0.4) is 0 Å². The van der Waals surface area contributed by atoms with Crippen LogP contribution in [-0.2, 0) is 9.22 Å². The van der Waals surface area contributed by atoms with Crippen molar-refractivity contribution in [2.45, 2.75) is 26.2 Å². The van der Waals surface area contributed by atoms with Crippen LogP contribution < -0.4 is 0 Å². The van der Waals surface area contributed by atoms with E-state index >= 15 is 0 Å². The predicted molar refractivity (Wildman–Crippen MR) is 35.6 cm³/mol. The average molecular weight is 132 g/mol. The Balaban J connectivity index is 2.99. The molecule has 0 radical (unpaired) electrons. The van der Waals surface area contributed by atoms with Crippen LogP contribution in [0.25, 0.3) is 0 Å². The summed E-state index contributed by atoms with van der Waals surface area (Å²) in [7, 11) is 0.540. The van der Waals surface area contributed by atoms with Gasteiger partial charge in [-0.05, 0) is 6.42 Å². The molecular weight excluding hydrogens is 120 g/mol. The first kappa shape index (κ1) is 7.69. The summed E-state index contributed by atoms with van der Waals surface area (Å²) in [4.78, 5) is 10.4. The fraction of sp³-hybridized carbons (Fsp3) is 0.800. The van der Waals surface area contributed by atoms with E-state index in [0.29, 0.717) is 16.9 Å². The molecule has 0 N–H and O–H groups in total. The van der Waals surface area contributed by atoms with Gasteiger partial charge in [0, 0.05) is 6.42 Å². The first-order valence-electron chi connectivity index (χ1n) is 2.88. The zero-order chi connectivity index (χ0) is 6.41. The van der Waals surface area contributed by atoms with Gasteiger partial charge in [0.2, 0.25) is 10.5 Å². The molecule has 2 nitrogen and oxygen atoms in total. The maximum absolute atomic E-state index is 10.4. The Morgan fingerprint density at radius 1 is 1.75 bits per heavy atom. The van der Waals surface area contributed by atoms with Gasteiger partial charge in [0.25, 0.3) is 5.97 Å². The minimum Gasteiger partial charge on any atom is -0.529 e. The molecule has 0 aliphatic rings. The van der Waals surface area contributed by atoms with Gasteiger partial charge in [-0.25, -0.2) is 0 Å². The molecule has 0 atom stereocenters. The van der Waals surface area contributed by atoms with Crippen molar-refractivity contribution in [1.82, 2.24) is 0 Å². The number of carbonyl (C=O) groups excluding carboxylic acids is 1. The van der Waals surface area contributed by atoms with Crippen molar-refractivity contribution in [3.8, 4) is 0 Å². The van der Waals surface area contributed by atoms with Gasteiger partial charge in [-0.2, -0.15) is 0 Å². The van der Waals surface area contributed by atoms with Gasteiger partial charge in [0.05, 0.1) is 0 Å². The molecule has 3 heteroatoms. The molecule has 8 heavy (non-hydrogen) atoms. The van der Waals surface area contributed by atoms with E-state index in [1.165, 1.54) is 0 Å². The molecule has 48 valence electrons. The third-order valence-electron chi connectivity index (χ3n) is 0.962. The summed E-state index contributed by atoms with van der Waals surface area (Å²) in [5.41, 5.74) is 0. The van der Waals surface area contributed by atoms with Gasteiger partial charge in [-0.1, -0.05) is 13.3 Å². The quantitative estimate of drug-likeness (QED) is 0.505. The Bertz CT molecular complexity index is 72.8.